The summed E-state index contributed by atoms with van der Waals surface area (Å²) in [6, 6.07) is 9.44. The monoisotopic (exact) mass is 345 g/mol. The number of Topliss-reactive ketones (excluding diaryl/α,β-unsaturated/α-hetero) is 1. The number of carboxylic acids is 1. The van der Waals surface area contributed by atoms with Gasteiger partial charge in [0.05, 0.1) is 11.8 Å². The van der Waals surface area contributed by atoms with Crippen molar-refractivity contribution >= 4 is 17.7 Å². The topological polar surface area (TPSA) is 83.9 Å². The molecule has 2 aliphatic rings. The van der Waals surface area contributed by atoms with E-state index >= 15 is 0 Å². The lowest BCUT2D eigenvalue weighted by atomic mass is 9.86. The predicted molar refractivity (Wildman–Crippen MR) is 89.9 cm³/mol. The summed E-state index contributed by atoms with van der Waals surface area (Å²) in [6.07, 6.45) is 2.18. The van der Waals surface area contributed by atoms with Crippen molar-refractivity contribution in [3.8, 4) is 0 Å². The van der Waals surface area contributed by atoms with Gasteiger partial charge in [-0.1, -0.05) is 30.3 Å². The van der Waals surface area contributed by atoms with Gasteiger partial charge in [-0.3, -0.25) is 9.59 Å². The number of benzene rings is 1. The van der Waals surface area contributed by atoms with Crippen molar-refractivity contribution in [2.75, 3.05) is 26.3 Å². The number of carboxylic acid groups (broad SMARTS) is 1. The molecule has 6 heteroatoms. The number of nitrogens with zero attached hydrogens (tertiary/aromatic N) is 1. The molecule has 0 aliphatic carbocycles. The number of hydrogen-bond acceptors (Lipinski definition) is 4. The number of hydrogen-bond donors (Lipinski definition) is 1. The number of rotatable bonds is 6. The minimum absolute atomic E-state index is 0.102. The van der Waals surface area contributed by atoms with Gasteiger partial charge >= 0.3 is 5.97 Å². The van der Waals surface area contributed by atoms with Crippen molar-refractivity contribution in [1.29, 1.82) is 0 Å². The molecule has 0 spiro atoms. The van der Waals surface area contributed by atoms with E-state index in [2.05, 4.69) is 0 Å². The first-order valence-electron chi connectivity index (χ1n) is 8.74. The molecule has 0 radical (unpaired) electrons. The third-order valence-corrected chi connectivity index (χ3v) is 5.20. The third kappa shape index (κ3) is 4.07. The van der Waals surface area contributed by atoms with E-state index in [0.29, 0.717) is 32.1 Å². The molecule has 2 aliphatic heterocycles. The molecule has 0 aromatic heterocycles. The van der Waals surface area contributed by atoms with Crippen LogP contribution in [-0.2, 0) is 25.5 Å². The molecule has 2 atom stereocenters. The van der Waals surface area contributed by atoms with Gasteiger partial charge in [0.25, 0.3) is 0 Å². The van der Waals surface area contributed by atoms with Gasteiger partial charge < -0.3 is 14.7 Å². The highest BCUT2D eigenvalue weighted by molar-refractivity contribution is 6.34. The van der Waals surface area contributed by atoms with Gasteiger partial charge in [-0.25, -0.2) is 4.79 Å². The highest BCUT2D eigenvalue weighted by Gasteiger charge is 2.46. The van der Waals surface area contributed by atoms with Crippen LogP contribution in [0.4, 0.5) is 0 Å². The minimum Gasteiger partial charge on any atom is -0.475 e. The van der Waals surface area contributed by atoms with E-state index in [-0.39, 0.29) is 12.5 Å². The van der Waals surface area contributed by atoms with E-state index in [1.165, 1.54) is 0 Å². The van der Waals surface area contributed by atoms with Gasteiger partial charge in [0, 0.05) is 26.3 Å². The first-order valence-corrected chi connectivity index (χ1v) is 8.74. The summed E-state index contributed by atoms with van der Waals surface area (Å²) in [4.78, 5) is 37.9. The standard InChI is InChI=1S/C19H23NO5/c21-17(19(23)24)16-12-20(11-14-6-8-25-9-7-14)18(22)15(16)10-13-4-2-1-3-5-13/h1-5,14-16H,6-12H2,(H,23,24)/t15-,16+/m1/s1. The Hall–Kier alpha value is -2.21. The molecule has 1 aromatic rings. The van der Waals surface area contributed by atoms with Crippen LogP contribution in [0.15, 0.2) is 30.3 Å². The van der Waals surface area contributed by atoms with Crippen LogP contribution in [0.2, 0.25) is 0 Å². The van der Waals surface area contributed by atoms with Gasteiger partial charge in [-0.2, -0.15) is 0 Å². The maximum absolute atomic E-state index is 12.9. The van der Waals surface area contributed by atoms with Crippen LogP contribution >= 0.6 is 0 Å². The second kappa shape index (κ2) is 7.78. The van der Waals surface area contributed by atoms with Crippen molar-refractivity contribution in [2.24, 2.45) is 17.8 Å². The molecule has 2 fully saturated rings. The largest absolute Gasteiger partial charge is 0.475 e. The summed E-state index contributed by atoms with van der Waals surface area (Å²) in [5.41, 5.74) is 0.942. The predicted octanol–water partition coefficient (Wildman–Crippen LogP) is 1.38. The number of aliphatic carboxylic acids is 1. The minimum atomic E-state index is -1.45. The van der Waals surface area contributed by atoms with Crippen LogP contribution in [0, 0.1) is 17.8 Å². The van der Waals surface area contributed by atoms with Gasteiger partial charge in [-0.05, 0) is 30.7 Å². The molecule has 2 heterocycles. The van der Waals surface area contributed by atoms with E-state index in [4.69, 9.17) is 9.84 Å². The fourth-order valence-electron chi connectivity index (χ4n) is 3.79. The molecule has 1 amide bonds. The van der Waals surface area contributed by atoms with Gasteiger partial charge in [-0.15, -0.1) is 0 Å². The Labute approximate surface area is 146 Å². The fourth-order valence-corrected chi connectivity index (χ4v) is 3.79. The molecule has 0 unspecified atom stereocenters. The average Bonchev–Trinajstić information content (AvgIpc) is 2.92. The van der Waals surface area contributed by atoms with Crippen LogP contribution in [-0.4, -0.2) is 54.0 Å². The maximum Gasteiger partial charge on any atom is 0.372 e. The summed E-state index contributed by atoms with van der Waals surface area (Å²) in [6.45, 7) is 2.17. The normalized spacial score (nSPS) is 24.5. The SMILES string of the molecule is O=C(O)C(=O)[C@H]1CN(CC2CCOCC2)C(=O)[C@@H]1Cc1ccccc1. The lowest BCUT2D eigenvalue weighted by Crippen LogP contribution is -2.35. The number of ether oxygens (including phenoxy) is 1. The van der Waals surface area contributed by atoms with E-state index in [0.717, 1.165) is 18.4 Å². The van der Waals surface area contributed by atoms with Crippen LogP contribution in [0.1, 0.15) is 18.4 Å². The molecule has 0 saturated carbocycles. The summed E-state index contributed by atoms with van der Waals surface area (Å²) in [7, 11) is 0. The lowest BCUT2D eigenvalue weighted by molar-refractivity contribution is -0.151. The Morgan fingerprint density at radius 1 is 1.16 bits per heavy atom. The first kappa shape index (κ1) is 17.6. The molecule has 3 rings (SSSR count). The van der Waals surface area contributed by atoms with Crippen LogP contribution in [0.3, 0.4) is 0 Å². The smallest absolute Gasteiger partial charge is 0.372 e. The fraction of sp³-hybridized carbons (Fsp3) is 0.526. The summed E-state index contributed by atoms with van der Waals surface area (Å²) in [5.74, 6) is -3.42. The van der Waals surface area contributed by atoms with Crippen LogP contribution < -0.4 is 0 Å². The van der Waals surface area contributed by atoms with Crippen molar-refractivity contribution in [1.82, 2.24) is 4.90 Å². The highest BCUT2D eigenvalue weighted by Crippen LogP contribution is 2.31. The second-order valence-corrected chi connectivity index (χ2v) is 6.87. The zero-order valence-corrected chi connectivity index (χ0v) is 14.1. The van der Waals surface area contributed by atoms with Crippen molar-refractivity contribution < 1.29 is 24.2 Å². The van der Waals surface area contributed by atoms with Gasteiger partial charge in [0.15, 0.2) is 0 Å². The molecule has 2 saturated heterocycles. The number of carbonyl (C=O) groups excluding carboxylic acids is 2. The van der Waals surface area contributed by atoms with Crippen LogP contribution in [0.25, 0.3) is 0 Å². The molecule has 0 bridgehead atoms. The van der Waals surface area contributed by atoms with Gasteiger partial charge in [0.2, 0.25) is 11.7 Å². The Morgan fingerprint density at radius 2 is 1.84 bits per heavy atom. The zero-order valence-electron chi connectivity index (χ0n) is 14.1. The third-order valence-electron chi connectivity index (χ3n) is 5.20. The Kier molecular flexibility index (Phi) is 5.48. The molecule has 1 N–H and O–H groups in total. The van der Waals surface area contributed by atoms with E-state index in [1.807, 2.05) is 30.3 Å². The maximum atomic E-state index is 12.9. The summed E-state index contributed by atoms with van der Waals surface area (Å²) < 4.78 is 5.35. The van der Waals surface area contributed by atoms with E-state index in [1.54, 1.807) is 4.90 Å². The number of likely N-dealkylation sites (tertiary alicyclic amines) is 1. The number of amides is 1. The lowest BCUT2D eigenvalue weighted by Gasteiger charge is -2.27. The summed E-state index contributed by atoms with van der Waals surface area (Å²) in [5, 5.41) is 9.12. The summed E-state index contributed by atoms with van der Waals surface area (Å²) >= 11 is 0. The Morgan fingerprint density at radius 3 is 2.48 bits per heavy atom. The van der Waals surface area contributed by atoms with E-state index < -0.39 is 23.6 Å². The van der Waals surface area contributed by atoms with E-state index in [9.17, 15) is 14.4 Å². The Balaban J connectivity index is 1.75. The van der Waals surface area contributed by atoms with Crippen molar-refractivity contribution in [3.05, 3.63) is 35.9 Å². The van der Waals surface area contributed by atoms with Crippen molar-refractivity contribution in [2.45, 2.75) is 19.3 Å². The highest BCUT2D eigenvalue weighted by atomic mass is 16.5. The van der Waals surface area contributed by atoms with Crippen molar-refractivity contribution in [3.63, 3.8) is 0 Å². The molecule has 1 aromatic carbocycles. The number of carbonyl (C=O) groups is 3. The Bertz CT molecular complexity index is 638. The molecular formula is C19H23NO5. The zero-order chi connectivity index (χ0) is 17.8. The molecule has 134 valence electrons. The second-order valence-electron chi connectivity index (χ2n) is 6.87. The molecular weight excluding hydrogens is 322 g/mol. The molecule has 25 heavy (non-hydrogen) atoms. The first-order chi connectivity index (χ1) is 12.1. The quantitative estimate of drug-likeness (QED) is 0.788. The average molecular weight is 345 g/mol. The van der Waals surface area contributed by atoms with Crippen LogP contribution in [0.5, 0.6) is 0 Å². The molecule has 6 nitrogen and oxygen atoms in total. The van der Waals surface area contributed by atoms with Gasteiger partial charge in [0.1, 0.15) is 0 Å². The number of ketones is 1.